The maximum Gasteiger partial charge on any atom is 0.104 e. The fraction of sp³-hybridized carbons (Fsp3) is 0.340. The quantitative estimate of drug-likeness (QED) is 0.265. The largest absolute Gasteiger partial charge is 0.372 e. The molecular formula is C50H53N3S. The van der Waals surface area contributed by atoms with Crippen LogP contribution in [0, 0.1) is 29.6 Å². The van der Waals surface area contributed by atoms with Crippen LogP contribution in [-0.4, -0.2) is 16.3 Å². The van der Waals surface area contributed by atoms with E-state index in [1.165, 1.54) is 70.4 Å². The van der Waals surface area contributed by atoms with E-state index in [0.29, 0.717) is 17.2 Å². The highest BCUT2D eigenvalue weighted by Crippen LogP contribution is 2.50. The molecule has 3 aromatic rings. The maximum atomic E-state index is 5.75. The zero-order valence-corrected chi connectivity index (χ0v) is 32.7. The van der Waals surface area contributed by atoms with Gasteiger partial charge < -0.3 is 5.32 Å². The number of fused-ring (bicyclic) bond motifs is 3. The standard InChI is InChI=1S/C50H53N3S/c1-32-14-7-8-21-41(32)38-18-12-19-39(29-38)48-33(2)26-27-37(30-46(52-48)43-24-13-23-42(34(43)3)35-15-5-4-6-16-35)36-17-11-20-40(28-36)49-51-31-45-44-22-9-10-25-47(44)54-50(45)53-49/h4-8,11-21,23-24,27-34,41,43-44,47,49-51,53H,9-10,22,25-26H2,1-3H3/b37-27-,46-30-,52-48?. The highest BCUT2D eigenvalue weighted by atomic mass is 32.2. The number of rotatable bonds is 6. The van der Waals surface area contributed by atoms with Gasteiger partial charge in [-0.1, -0.05) is 149 Å². The lowest BCUT2D eigenvalue weighted by molar-refractivity contribution is 0.394. The van der Waals surface area contributed by atoms with Crippen LogP contribution in [0.4, 0.5) is 0 Å². The Kier molecular flexibility index (Phi) is 10.1. The second kappa shape index (κ2) is 15.4. The molecule has 4 heteroatoms. The molecule has 6 aliphatic rings. The second-order valence-corrected chi connectivity index (χ2v) is 17.7. The van der Waals surface area contributed by atoms with Crippen molar-refractivity contribution < 1.29 is 0 Å². The number of aliphatic imine (C=N–C) groups is 1. The van der Waals surface area contributed by atoms with E-state index < -0.39 is 0 Å². The first-order valence-electron chi connectivity index (χ1n) is 20.4. The lowest BCUT2D eigenvalue weighted by Crippen LogP contribution is -2.42. The molecule has 9 unspecified atom stereocenters. The van der Waals surface area contributed by atoms with Crippen LogP contribution in [0.2, 0.25) is 0 Å². The molecule has 2 fully saturated rings. The Morgan fingerprint density at radius 2 is 1.50 bits per heavy atom. The predicted octanol–water partition coefficient (Wildman–Crippen LogP) is 11.9. The average Bonchev–Trinajstić information content (AvgIpc) is 3.59. The van der Waals surface area contributed by atoms with Crippen LogP contribution < -0.4 is 10.6 Å². The van der Waals surface area contributed by atoms with Crippen molar-refractivity contribution in [3.8, 4) is 0 Å². The van der Waals surface area contributed by atoms with Gasteiger partial charge in [-0.15, -0.1) is 11.8 Å². The number of nitrogens with zero attached hydrogens (tertiary/aromatic N) is 1. The lowest BCUT2D eigenvalue weighted by atomic mass is 9.77. The van der Waals surface area contributed by atoms with Gasteiger partial charge in [-0.05, 0) is 106 Å². The number of benzene rings is 3. The highest BCUT2D eigenvalue weighted by molar-refractivity contribution is 8.01. The van der Waals surface area contributed by atoms with Gasteiger partial charge in [0.1, 0.15) is 6.17 Å². The summed E-state index contributed by atoms with van der Waals surface area (Å²) in [6.07, 6.45) is 29.6. The van der Waals surface area contributed by atoms with Crippen LogP contribution in [0.3, 0.4) is 0 Å². The van der Waals surface area contributed by atoms with Crippen molar-refractivity contribution >= 4 is 28.6 Å². The van der Waals surface area contributed by atoms with E-state index in [-0.39, 0.29) is 23.9 Å². The zero-order chi connectivity index (χ0) is 36.6. The van der Waals surface area contributed by atoms with E-state index in [4.69, 9.17) is 4.99 Å². The van der Waals surface area contributed by atoms with Gasteiger partial charge in [-0.25, -0.2) is 0 Å². The van der Waals surface area contributed by atoms with Gasteiger partial charge in [0, 0.05) is 28.7 Å². The molecule has 3 aliphatic heterocycles. The summed E-state index contributed by atoms with van der Waals surface area (Å²) in [6.45, 7) is 7.05. The van der Waals surface area contributed by atoms with Crippen molar-refractivity contribution in [3.05, 3.63) is 179 Å². The van der Waals surface area contributed by atoms with E-state index in [2.05, 4.69) is 183 Å². The molecule has 3 aromatic carbocycles. The van der Waals surface area contributed by atoms with E-state index in [0.717, 1.165) is 23.3 Å². The van der Waals surface area contributed by atoms with Crippen LogP contribution in [0.15, 0.2) is 156 Å². The van der Waals surface area contributed by atoms with Gasteiger partial charge in [0.15, 0.2) is 0 Å². The highest BCUT2D eigenvalue weighted by Gasteiger charge is 2.43. The topological polar surface area (TPSA) is 36.4 Å². The molecule has 0 radical (unpaired) electrons. The number of hydrogen-bond acceptors (Lipinski definition) is 4. The van der Waals surface area contributed by atoms with Gasteiger partial charge in [-0.3, -0.25) is 10.3 Å². The van der Waals surface area contributed by atoms with Crippen molar-refractivity contribution in [1.29, 1.82) is 0 Å². The number of nitrogens with one attached hydrogen (secondary N) is 2. The van der Waals surface area contributed by atoms with Gasteiger partial charge >= 0.3 is 0 Å². The number of thioether (sulfide) groups is 1. The SMILES string of the molecule is CC1C/C=C(c2cccc(C3NC=C4C(N3)SC3CCCCC43)c2)/C=C(/C2C=CC=C(c3ccccc3)C2C)N=C1c1cccc(C2C=CC=CC2C)c1. The summed E-state index contributed by atoms with van der Waals surface area (Å²) in [4.78, 5) is 5.75. The summed E-state index contributed by atoms with van der Waals surface area (Å²) in [5.74, 6) is 2.23. The summed E-state index contributed by atoms with van der Waals surface area (Å²) in [5.41, 5.74) is 12.9. The minimum atomic E-state index is 0.0943. The second-order valence-electron chi connectivity index (χ2n) is 16.3. The fourth-order valence-corrected chi connectivity index (χ4v) is 11.4. The molecule has 0 spiro atoms. The van der Waals surface area contributed by atoms with Crippen LogP contribution in [-0.2, 0) is 0 Å². The normalized spacial score (nSPS) is 33.7. The van der Waals surface area contributed by atoms with Crippen molar-refractivity contribution in [2.24, 2.45) is 34.6 Å². The first kappa shape index (κ1) is 35.3. The molecule has 3 aliphatic carbocycles. The van der Waals surface area contributed by atoms with E-state index in [1.807, 2.05) is 0 Å². The number of hydrogen-bond donors (Lipinski definition) is 2. The minimum absolute atomic E-state index is 0.0943. The zero-order valence-electron chi connectivity index (χ0n) is 31.9. The number of allylic oxidation sites excluding steroid dienone is 11. The molecule has 9 atom stereocenters. The molecule has 1 saturated heterocycles. The molecule has 3 heterocycles. The Morgan fingerprint density at radius 1 is 0.741 bits per heavy atom. The molecule has 0 amide bonds. The van der Waals surface area contributed by atoms with E-state index >= 15 is 0 Å². The predicted molar refractivity (Wildman–Crippen MR) is 230 cm³/mol. The molecule has 3 nitrogen and oxygen atoms in total. The first-order valence-corrected chi connectivity index (χ1v) is 21.3. The third-order valence-electron chi connectivity index (χ3n) is 12.8. The van der Waals surface area contributed by atoms with Crippen LogP contribution >= 0.6 is 11.8 Å². The van der Waals surface area contributed by atoms with Crippen molar-refractivity contribution in [2.45, 2.75) is 75.6 Å². The van der Waals surface area contributed by atoms with Crippen molar-refractivity contribution in [1.82, 2.24) is 10.6 Å². The Labute approximate surface area is 326 Å². The van der Waals surface area contributed by atoms with Crippen LogP contribution in [0.25, 0.3) is 11.1 Å². The third kappa shape index (κ3) is 7.00. The Morgan fingerprint density at radius 3 is 2.37 bits per heavy atom. The average molecular weight is 728 g/mol. The summed E-state index contributed by atoms with van der Waals surface area (Å²) < 4.78 is 0. The Hall–Kier alpha value is -4.38. The molecule has 9 rings (SSSR count). The minimum Gasteiger partial charge on any atom is -0.372 e. The molecule has 0 bridgehead atoms. The monoisotopic (exact) mass is 727 g/mol. The molecule has 54 heavy (non-hydrogen) atoms. The van der Waals surface area contributed by atoms with E-state index in [9.17, 15) is 0 Å². The van der Waals surface area contributed by atoms with Crippen molar-refractivity contribution in [3.63, 3.8) is 0 Å². The van der Waals surface area contributed by atoms with E-state index in [1.54, 1.807) is 5.57 Å². The van der Waals surface area contributed by atoms with Crippen molar-refractivity contribution in [2.75, 3.05) is 0 Å². The molecule has 0 aromatic heterocycles. The molecule has 1 saturated carbocycles. The van der Waals surface area contributed by atoms with Gasteiger partial charge in [-0.2, -0.15) is 0 Å². The molecule has 2 N–H and O–H groups in total. The van der Waals surface area contributed by atoms with Crippen LogP contribution in [0.5, 0.6) is 0 Å². The summed E-state index contributed by atoms with van der Waals surface area (Å²) in [5, 5.41) is 8.95. The Bertz CT molecular complexity index is 2130. The molecule has 274 valence electrons. The van der Waals surface area contributed by atoms with Gasteiger partial charge in [0.25, 0.3) is 0 Å². The summed E-state index contributed by atoms with van der Waals surface area (Å²) in [7, 11) is 0. The Balaban J connectivity index is 1.07. The summed E-state index contributed by atoms with van der Waals surface area (Å²) in [6, 6.07) is 29.3. The maximum absolute atomic E-state index is 5.75. The third-order valence-corrected chi connectivity index (χ3v) is 14.4. The fourth-order valence-electron chi connectivity index (χ4n) is 9.69. The smallest absolute Gasteiger partial charge is 0.104 e. The summed E-state index contributed by atoms with van der Waals surface area (Å²) >= 11 is 2.16. The molecular weight excluding hydrogens is 675 g/mol. The lowest BCUT2D eigenvalue weighted by Gasteiger charge is -2.31. The van der Waals surface area contributed by atoms with Gasteiger partial charge in [0.05, 0.1) is 11.1 Å². The van der Waals surface area contributed by atoms with Crippen LogP contribution in [0.1, 0.15) is 92.8 Å². The van der Waals surface area contributed by atoms with Gasteiger partial charge in [0.2, 0.25) is 0 Å². The first-order chi connectivity index (χ1) is 26.5.